The van der Waals surface area contributed by atoms with Gasteiger partial charge in [-0.25, -0.2) is 9.67 Å². The molecule has 2 aromatic rings. The van der Waals surface area contributed by atoms with Crippen LogP contribution in [0.25, 0.3) is 0 Å². The van der Waals surface area contributed by atoms with Crippen LogP contribution in [0.1, 0.15) is 33.4 Å². The average Bonchev–Trinajstić information content (AvgIpc) is 2.91. The van der Waals surface area contributed by atoms with Gasteiger partial charge in [-0.1, -0.05) is 18.5 Å². The summed E-state index contributed by atoms with van der Waals surface area (Å²) in [4.78, 5) is 8.71. The number of nitriles is 1. The van der Waals surface area contributed by atoms with Gasteiger partial charge in [-0.3, -0.25) is 0 Å². The zero-order chi connectivity index (χ0) is 19.1. The second-order valence-electron chi connectivity index (χ2n) is 7.08. The molecule has 3 heterocycles. The standard InChI is InChI=1S/C17H22ClN7O/c1-9-7-26-15-13(11(3)25(24-15)17(4,5)8-19)22-16-20-6-12(18)14(23-16)21-10(9)2/h6,9-10H,7H2,1-5H3,(H2,20,21,22,23). The Balaban J connectivity index is 2.12. The molecule has 2 atom stereocenters. The summed E-state index contributed by atoms with van der Waals surface area (Å²) in [5.74, 6) is 1.53. The van der Waals surface area contributed by atoms with Crippen LogP contribution in [0.4, 0.5) is 17.5 Å². The highest BCUT2D eigenvalue weighted by molar-refractivity contribution is 6.32. The van der Waals surface area contributed by atoms with Crippen molar-refractivity contribution in [2.75, 3.05) is 17.2 Å². The normalized spacial score (nSPS) is 19.9. The van der Waals surface area contributed by atoms with Gasteiger partial charge in [0.15, 0.2) is 5.82 Å². The molecule has 26 heavy (non-hydrogen) atoms. The zero-order valence-electron chi connectivity index (χ0n) is 15.5. The minimum absolute atomic E-state index is 0.0792. The molecule has 0 radical (unpaired) electrons. The number of rotatable bonds is 1. The molecular formula is C17H22ClN7O. The topological polar surface area (TPSA) is 101 Å². The molecule has 0 spiro atoms. The molecular weight excluding hydrogens is 354 g/mol. The van der Waals surface area contributed by atoms with Crippen molar-refractivity contribution in [2.24, 2.45) is 5.92 Å². The van der Waals surface area contributed by atoms with Crippen LogP contribution in [0.2, 0.25) is 5.02 Å². The molecule has 2 unspecified atom stereocenters. The summed E-state index contributed by atoms with van der Waals surface area (Å²) in [6, 6.07) is 2.34. The van der Waals surface area contributed by atoms with Gasteiger partial charge in [-0.15, -0.1) is 5.10 Å². The molecule has 3 rings (SSSR count). The summed E-state index contributed by atoms with van der Waals surface area (Å²) in [6.45, 7) is 10.0. The van der Waals surface area contributed by atoms with Gasteiger partial charge in [0.05, 0.1) is 24.6 Å². The van der Waals surface area contributed by atoms with Gasteiger partial charge in [0, 0.05) is 12.0 Å². The summed E-state index contributed by atoms with van der Waals surface area (Å²) in [5.41, 5.74) is 0.592. The Bertz CT molecular complexity index is 871. The number of hydrogen-bond donors (Lipinski definition) is 2. The van der Waals surface area contributed by atoms with E-state index >= 15 is 0 Å². The first kappa shape index (κ1) is 18.3. The third-order valence-corrected chi connectivity index (χ3v) is 4.85. The second-order valence-corrected chi connectivity index (χ2v) is 7.49. The van der Waals surface area contributed by atoms with Crippen LogP contribution in [0, 0.1) is 24.2 Å². The molecule has 1 aliphatic rings. The Morgan fingerprint density at radius 1 is 1.42 bits per heavy atom. The number of aromatic nitrogens is 4. The molecule has 0 aromatic carbocycles. The van der Waals surface area contributed by atoms with Gasteiger partial charge < -0.3 is 15.4 Å². The summed E-state index contributed by atoms with van der Waals surface area (Å²) in [7, 11) is 0. The number of halogens is 1. The van der Waals surface area contributed by atoms with E-state index in [0.29, 0.717) is 35.0 Å². The molecule has 2 N–H and O–H groups in total. The van der Waals surface area contributed by atoms with Crippen LogP contribution in [0.15, 0.2) is 6.20 Å². The van der Waals surface area contributed by atoms with Crippen LogP contribution < -0.4 is 15.4 Å². The van der Waals surface area contributed by atoms with E-state index in [0.717, 1.165) is 5.69 Å². The predicted octanol–water partition coefficient (Wildman–Crippen LogP) is 3.47. The molecule has 2 bridgehead atoms. The molecule has 2 aromatic heterocycles. The number of nitrogens with one attached hydrogen (secondary N) is 2. The molecule has 8 nitrogen and oxygen atoms in total. The molecule has 138 valence electrons. The molecule has 0 aliphatic carbocycles. The first-order chi connectivity index (χ1) is 12.2. The number of ether oxygens (including phenoxy) is 1. The van der Waals surface area contributed by atoms with Crippen molar-refractivity contribution in [2.45, 2.75) is 46.2 Å². The Kier molecular flexibility index (Phi) is 4.67. The second kappa shape index (κ2) is 6.65. The van der Waals surface area contributed by atoms with Crippen LogP contribution in [0.3, 0.4) is 0 Å². The Labute approximate surface area is 157 Å². The van der Waals surface area contributed by atoms with Crippen LogP contribution in [-0.4, -0.2) is 32.4 Å². The van der Waals surface area contributed by atoms with E-state index in [1.807, 2.05) is 13.8 Å². The van der Waals surface area contributed by atoms with Gasteiger partial charge in [0.2, 0.25) is 5.95 Å². The number of fused-ring (bicyclic) bond motifs is 3. The molecule has 0 amide bonds. The van der Waals surface area contributed by atoms with Crippen molar-refractivity contribution in [3.8, 4) is 11.9 Å². The van der Waals surface area contributed by atoms with Crippen molar-refractivity contribution in [1.29, 1.82) is 5.26 Å². The molecule has 0 saturated heterocycles. The zero-order valence-corrected chi connectivity index (χ0v) is 16.2. The summed E-state index contributed by atoms with van der Waals surface area (Å²) in [5, 5.41) is 20.9. The lowest BCUT2D eigenvalue weighted by molar-refractivity contribution is 0.235. The fourth-order valence-electron chi connectivity index (χ4n) is 2.67. The molecule has 0 fully saturated rings. The maximum Gasteiger partial charge on any atom is 0.257 e. The van der Waals surface area contributed by atoms with Gasteiger partial charge >= 0.3 is 0 Å². The van der Waals surface area contributed by atoms with Crippen LogP contribution >= 0.6 is 11.6 Å². The lowest BCUT2D eigenvalue weighted by Crippen LogP contribution is -2.29. The maximum absolute atomic E-state index is 9.47. The monoisotopic (exact) mass is 375 g/mol. The summed E-state index contributed by atoms with van der Waals surface area (Å²) in [6.07, 6.45) is 1.55. The lowest BCUT2D eigenvalue weighted by atomic mass is 10.1. The van der Waals surface area contributed by atoms with E-state index in [1.54, 1.807) is 24.7 Å². The number of hydrogen-bond acceptors (Lipinski definition) is 7. The number of nitrogens with zero attached hydrogens (tertiary/aromatic N) is 5. The van der Waals surface area contributed by atoms with Gasteiger partial charge in [0.25, 0.3) is 5.88 Å². The maximum atomic E-state index is 9.47. The van der Waals surface area contributed by atoms with Crippen LogP contribution in [-0.2, 0) is 5.54 Å². The molecule has 1 aliphatic heterocycles. The Morgan fingerprint density at radius 3 is 2.85 bits per heavy atom. The quantitative estimate of drug-likeness (QED) is 0.786. The number of anilines is 3. The largest absolute Gasteiger partial charge is 0.475 e. The highest BCUT2D eigenvalue weighted by Crippen LogP contribution is 2.34. The van der Waals surface area contributed by atoms with E-state index in [4.69, 9.17) is 16.3 Å². The van der Waals surface area contributed by atoms with E-state index in [-0.39, 0.29) is 12.0 Å². The fraction of sp³-hybridized carbons (Fsp3) is 0.529. The smallest absolute Gasteiger partial charge is 0.257 e. The van der Waals surface area contributed by atoms with Crippen molar-refractivity contribution < 1.29 is 4.74 Å². The van der Waals surface area contributed by atoms with E-state index in [1.165, 1.54) is 0 Å². The predicted molar refractivity (Wildman–Crippen MR) is 100.0 cm³/mol. The SMILES string of the molecule is Cc1c2c(nn1C(C)(C)C#N)OCC(C)C(C)Nc1nc(ncc1Cl)N2. The van der Waals surface area contributed by atoms with E-state index < -0.39 is 5.54 Å². The molecule has 9 heteroatoms. The van der Waals surface area contributed by atoms with Crippen molar-refractivity contribution >= 4 is 29.1 Å². The minimum atomic E-state index is -0.814. The van der Waals surface area contributed by atoms with Gasteiger partial charge in [0.1, 0.15) is 16.2 Å². The molecule has 0 saturated carbocycles. The summed E-state index contributed by atoms with van der Waals surface area (Å²) >= 11 is 6.22. The van der Waals surface area contributed by atoms with Gasteiger partial charge in [-0.05, 0) is 27.7 Å². The Hall–Kier alpha value is -2.53. The van der Waals surface area contributed by atoms with Crippen molar-refractivity contribution in [3.05, 3.63) is 16.9 Å². The average molecular weight is 376 g/mol. The minimum Gasteiger partial charge on any atom is -0.475 e. The van der Waals surface area contributed by atoms with E-state index in [2.05, 4.69) is 38.7 Å². The van der Waals surface area contributed by atoms with Crippen LogP contribution in [0.5, 0.6) is 5.88 Å². The Morgan fingerprint density at radius 2 is 2.15 bits per heavy atom. The first-order valence-electron chi connectivity index (χ1n) is 8.43. The van der Waals surface area contributed by atoms with Gasteiger partial charge in [-0.2, -0.15) is 10.2 Å². The lowest BCUT2D eigenvalue weighted by Gasteiger charge is -2.22. The highest BCUT2D eigenvalue weighted by Gasteiger charge is 2.29. The first-order valence-corrected chi connectivity index (χ1v) is 8.81. The summed E-state index contributed by atoms with van der Waals surface area (Å²) < 4.78 is 7.63. The van der Waals surface area contributed by atoms with E-state index in [9.17, 15) is 5.26 Å². The fourth-order valence-corrected chi connectivity index (χ4v) is 2.81. The highest BCUT2D eigenvalue weighted by atomic mass is 35.5. The van der Waals surface area contributed by atoms with Crippen molar-refractivity contribution in [3.63, 3.8) is 0 Å². The van der Waals surface area contributed by atoms with Crippen molar-refractivity contribution in [1.82, 2.24) is 19.7 Å². The third-order valence-electron chi connectivity index (χ3n) is 4.57. The third kappa shape index (κ3) is 3.27.